The maximum Gasteiger partial charge on any atom is 0.229 e. The summed E-state index contributed by atoms with van der Waals surface area (Å²) >= 11 is 0. The zero-order chi connectivity index (χ0) is 14.7. The normalized spacial score (nSPS) is 24.4. The van der Waals surface area contributed by atoms with Gasteiger partial charge in [0.2, 0.25) is 5.89 Å². The Balaban J connectivity index is 0.00000176. The van der Waals surface area contributed by atoms with Gasteiger partial charge in [0.1, 0.15) is 0 Å². The van der Waals surface area contributed by atoms with Gasteiger partial charge in [-0.15, -0.1) is 12.4 Å². The predicted molar refractivity (Wildman–Crippen MR) is 86.4 cm³/mol. The molecule has 3 rings (SSSR count). The van der Waals surface area contributed by atoms with Gasteiger partial charge in [-0.1, -0.05) is 19.0 Å². The van der Waals surface area contributed by atoms with Gasteiger partial charge in [0.25, 0.3) is 0 Å². The third-order valence-electron chi connectivity index (χ3n) is 4.44. The molecule has 22 heavy (non-hydrogen) atoms. The third kappa shape index (κ3) is 4.19. The van der Waals surface area contributed by atoms with Crippen LogP contribution < -0.4 is 5.32 Å². The monoisotopic (exact) mass is 330 g/mol. The average Bonchev–Trinajstić information content (AvgIpc) is 2.99. The van der Waals surface area contributed by atoms with E-state index < -0.39 is 0 Å². The van der Waals surface area contributed by atoms with Crippen LogP contribution >= 0.6 is 12.4 Å². The molecule has 1 N–H and O–H groups in total. The molecule has 2 aliphatic rings. The lowest BCUT2D eigenvalue weighted by atomic mass is 9.96. The molecule has 2 aliphatic heterocycles. The number of piperidine rings is 1. The van der Waals surface area contributed by atoms with Crippen molar-refractivity contribution in [3.63, 3.8) is 0 Å². The molecule has 2 fully saturated rings. The van der Waals surface area contributed by atoms with E-state index >= 15 is 0 Å². The van der Waals surface area contributed by atoms with Crippen LogP contribution in [-0.4, -0.2) is 54.4 Å². The SMILES string of the molecule is CC(C)c1nc(C2COCCN2CC2CCNCC2)no1.Cl. The summed E-state index contributed by atoms with van der Waals surface area (Å²) in [6.07, 6.45) is 2.52. The van der Waals surface area contributed by atoms with Crippen LogP contribution in [0.5, 0.6) is 0 Å². The van der Waals surface area contributed by atoms with E-state index in [2.05, 4.69) is 34.2 Å². The van der Waals surface area contributed by atoms with E-state index in [4.69, 9.17) is 9.26 Å². The number of nitrogens with one attached hydrogen (secondary N) is 1. The van der Waals surface area contributed by atoms with Crippen molar-refractivity contribution in [3.8, 4) is 0 Å². The third-order valence-corrected chi connectivity index (χ3v) is 4.44. The van der Waals surface area contributed by atoms with E-state index in [1.807, 2.05) is 0 Å². The fraction of sp³-hybridized carbons (Fsp3) is 0.867. The van der Waals surface area contributed by atoms with Crippen LogP contribution in [0.3, 0.4) is 0 Å². The Bertz CT molecular complexity index is 449. The molecule has 1 aromatic heterocycles. The average molecular weight is 331 g/mol. The molecule has 6 nitrogen and oxygen atoms in total. The molecule has 0 aliphatic carbocycles. The van der Waals surface area contributed by atoms with E-state index in [9.17, 15) is 0 Å². The van der Waals surface area contributed by atoms with Crippen molar-refractivity contribution in [2.24, 2.45) is 5.92 Å². The first kappa shape index (κ1) is 17.7. The van der Waals surface area contributed by atoms with Crippen LogP contribution in [0.25, 0.3) is 0 Å². The number of hydrogen-bond donors (Lipinski definition) is 1. The van der Waals surface area contributed by atoms with E-state index in [0.29, 0.717) is 6.61 Å². The standard InChI is InChI=1S/C15H26N4O2.ClH/c1-11(2)15-17-14(18-21-15)13-10-20-8-7-19(13)9-12-3-5-16-6-4-12;/h11-13,16H,3-10H2,1-2H3;1H. The Morgan fingerprint density at radius 2 is 2.09 bits per heavy atom. The summed E-state index contributed by atoms with van der Waals surface area (Å²) in [6.45, 7) is 9.96. The van der Waals surface area contributed by atoms with Gasteiger partial charge in [0.15, 0.2) is 5.82 Å². The first-order valence-corrected chi connectivity index (χ1v) is 8.10. The van der Waals surface area contributed by atoms with E-state index in [1.165, 1.54) is 12.8 Å². The Labute approximate surface area is 138 Å². The predicted octanol–water partition coefficient (Wildman–Crippen LogP) is 1.99. The van der Waals surface area contributed by atoms with Crippen molar-refractivity contribution in [2.45, 2.75) is 38.6 Å². The second-order valence-electron chi connectivity index (χ2n) is 6.42. The minimum atomic E-state index is 0. The molecule has 0 aromatic carbocycles. The molecule has 0 saturated carbocycles. The molecule has 0 bridgehead atoms. The number of ether oxygens (including phenoxy) is 1. The fourth-order valence-electron chi connectivity index (χ4n) is 3.11. The van der Waals surface area contributed by atoms with Crippen LogP contribution in [0, 0.1) is 5.92 Å². The second-order valence-corrected chi connectivity index (χ2v) is 6.42. The van der Waals surface area contributed by atoms with Gasteiger partial charge in [0.05, 0.1) is 19.3 Å². The molecule has 0 radical (unpaired) electrons. The highest BCUT2D eigenvalue weighted by molar-refractivity contribution is 5.85. The molecule has 0 amide bonds. The van der Waals surface area contributed by atoms with Gasteiger partial charge in [-0.3, -0.25) is 4.90 Å². The number of morpholine rings is 1. The molecule has 126 valence electrons. The number of nitrogens with zero attached hydrogens (tertiary/aromatic N) is 3. The van der Waals surface area contributed by atoms with Crippen molar-refractivity contribution in [2.75, 3.05) is 39.4 Å². The number of rotatable bonds is 4. The quantitative estimate of drug-likeness (QED) is 0.911. The van der Waals surface area contributed by atoms with Gasteiger partial charge < -0.3 is 14.6 Å². The smallest absolute Gasteiger partial charge is 0.229 e. The van der Waals surface area contributed by atoms with E-state index in [0.717, 1.165) is 50.4 Å². The highest BCUT2D eigenvalue weighted by Crippen LogP contribution is 2.26. The Kier molecular flexibility index (Phi) is 6.62. The Morgan fingerprint density at radius 3 is 2.77 bits per heavy atom. The molecule has 3 heterocycles. The minimum absolute atomic E-state index is 0. The van der Waals surface area contributed by atoms with Crippen molar-refractivity contribution in [1.29, 1.82) is 0 Å². The maximum atomic E-state index is 5.65. The Morgan fingerprint density at radius 1 is 1.32 bits per heavy atom. The molecule has 2 saturated heterocycles. The topological polar surface area (TPSA) is 63.4 Å². The van der Waals surface area contributed by atoms with Gasteiger partial charge in [-0.2, -0.15) is 4.98 Å². The zero-order valence-electron chi connectivity index (χ0n) is 13.5. The minimum Gasteiger partial charge on any atom is -0.378 e. The summed E-state index contributed by atoms with van der Waals surface area (Å²) in [5.41, 5.74) is 0. The van der Waals surface area contributed by atoms with Crippen LogP contribution in [0.4, 0.5) is 0 Å². The number of aromatic nitrogens is 2. The van der Waals surface area contributed by atoms with Crippen LogP contribution in [0.1, 0.15) is 50.4 Å². The summed E-state index contributed by atoms with van der Waals surface area (Å²) in [4.78, 5) is 7.05. The van der Waals surface area contributed by atoms with Gasteiger partial charge in [-0.25, -0.2) is 0 Å². The summed E-state index contributed by atoms with van der Waals surface area (Å²) in [5.74, 6) is 2.54. The summed E-state index contributed by atoms with van der Waals surface area (Å²) in [5, 5.41) is 7.61. The van der Waals surface area contributed by atoms with Crippen molar-refractivity contribution < 1.29 is 9.26 Å². The van der Waals surface area contributed by atoms with E-state index in [-0.39, 0.29) is 24.4 Å². The highest BCUT2D eigenvalue weighted by atomic mass is 35.5. The highest BCUT2D eigenvalue weighted by Gasteiger charge is 2.31. The molecule has 1 aromatic rings. The van der Waals surface area contributed by atoms with Crippen molar-refractivity contribution in [1.82, 2.24) is 20.4 Å². The first-order valence-electron chi connectivity index (χ1n) is 8.10. The summed E-state index contributed by atoms with van der Waals surface area (Å²) < 4.78 is 11.0. The number of hydrogen-bond acceptors (Lipinski definition) is 6. The first-order chi connectivity index (χ1) is 10.2. The molecule has 7 heteroatoms. The van der Waals surface area contributed by atoms with Gasteiger partial charge in [-0.05, 0) is 31.8 Å². The van der Waals surface area contributed by atoms with E-state index in [1.54, 1.807) is 0 Å². The summed E-state index contributed by atoms with van der Waals surface area (Å²) in [7, 11) is 0. The molecule has 0 spiro atoms. The van der Waals surface area contributed by atoms with Gasteiger partial charge >= 0.3 is 0 Å². The zero-order valence-corrected chi connectivity index (χ0v) is 14.3. The lowest BCUT2D eigenvalue weighted by Crippen LogP contribution is -2.44. The molecular formula is C15H27ClN4O2. The summed E-state index contributed by atoms with van der Waals surface area (Å²) in [6, 6.07) is 0.143. The van der Waals surface area contributed by atoms with Crippen molar-refractivity contribution >= 4 is 12.4 Å². The fourth-order valence-corrected chi connectivity index (χ4v) is 3.11. The maximum absolute atomic E-state index is 5.65. The van der Waals surface area contributed by atoms with Gasteiger partial charge in [0, 0.05) is 19.0 Å². The van der Waals surface area contributed by atoms with Crippen LogP contribution in [-0.2, 0) is 4.74 Å². The number of halogens is 1. The molecular weight excluding hydrogens is 304 g/mol. The van der Waals surface area contributed by atoms with Crippen LogP contribution in [0.2, 0.25) is 0 Å². The second kappa shape index (κ2) is 8.24. The molecule has 1 unspecified atom stereocenters. The Hall–Kier alpha value is -0.690. The van der Waals surface area contributed by atoms with Crippen molar-refractivity contribution in [3.05, 3.63) is 11.7 Å². The molecule has 1 atom stereocenters. The lowest BCUT2D eigenvalue weighted by molar-refractivity contribution is -0.0210. The lowest BCUT2D eigenvalue weighted by Gasteiger charge is -2.37. The van der Waals surface area contributed by atoms with Crippen LogP contribution in [0.15, 0.2) is 4.52 Å². The largest absolute Gasteiger partial charge is 0.378 e.